The number of rotatable bonds is 3. The fraction of sp³-hybridized carbons (Fsp3) is 0.182. The number of aromatic nitrogens is 1. The Morgan fingerprint density at radius 3 is 2.59 bits per heavy atom. The molecule has 6 heteroatoms. The first kappa shape index (κ1) is 15.2. The van der Waals surface area contributed by atoms with Crippen LogP contribution in [-0.2, 0) is 26.6 Å². The molecule has 93 valence electrons. The van der Waals surface area contributed by atoms with Crippen LogP contribution in [0.1, 0.15) is 12.5 Å². The van der Waals surface area contributed by atoms with Gasteiger partial charge in [-0.25, -0.2) is 4.85 Å². The van der Waals surface area contributed by atoms with Crippen molar-refractivity contribution in [2.24, 2.45) is 0 Å². The second kappa shape index (κ2) is 7.44. The average molecular weight is 282 g/mol. The summed E-state index contributed by atoms with van der Waals surface area (Å²) >= 11 is 0. The first-order chi connectivity index (χ1) is 7.70. The number of nitrogens with zero attached hydrogens (tertiary/aromatic N) is 2. The van der Waals surface area contributed by atoms with Gasteiger partial charge in [-0.3, -0.25) is 9.78 Å². The van der Waals surface area contributed by atoms with Gasteiger partial charge >= 0.3 is 11.7 Å². The van der Waals surface area contributed by atoms with Crippen LogP contribution >= 0.6 is 0 Å². The van der Waals surface area contributed by atoms with Crippen molar-refractivity contribution in [3.8, 4) is 0 Å². The van der Waals surface area contributed by atoms with E-state index in [1.807, 2.05) is 0 Å². The number of aliphatic hydroxyl groups is 1. The molecule has 0 aliphatic heterocycles. The van der Waals surface area contributed by atoms with Gasteiger partial charge in [0, 0.05) is 35.0 Å². The Hall–Kier alpha value is -1.83. The van der Waals surface area contributed by atoms with E-state index in [-0.39, 0.29) is 23.7 Å². The Bertz CT molecular complexity index is 452. The van der Waals surface area contributed by atoms with E-state index in [0.717, 1.165) is 0 Å². The molecule has 1 rings (SSSR count). The summed E-state index contributed by atoms with van der Waals surface area (Å²) in [7, 11) is 0. The van der Waals surface area contributed by atoms with Crippen molar-refractivity contribution in [3.05, 3.63) is 47.2 Å². The number of pyridine rings is 1. The van der Waals surface area contributed by atoms with Gasteiger partial charge in [0.1, 0.15) is 5.76 Å². The molecule has 1 radical (unpaired) electrons. The molecule has 0 aliphatic rings. The molecule has 1 aromatic rings. The maximum Gasteiger partial charge on any atom is 0.340 e. The zero-order valence-corrected chi connectivity index (χ0v) is 9.92. The van der Waals surface area contributed by atoms with Gasteiger partial charge in [0.05, 0.1) is 13.2 Å². The largest absolute Gasteiger partial charge is 0.518 e. The van der Waals surface area contributed by atoms with Crippen molar-refractivity contribution in [1.29, 1.82) is 0 Å². The smallest absolute Gasteiger partial charge is 0.340 e. The number of hydrogen-bond donors (Lipinski definition) is 1. The summed E-state index contributed by atoms with van der Waals surface area (Å²) in [5.74, 6) is -1.22. The SMILES string of the molecule is [C-]#[N+]/C(C(=O)OCC)=C(/O)c1ccncc1.[Cu]. The average Bonchev–Trinajstić information content (AvgIpc) is 2.31. The third-order valence-corrected chi connectivity index (χ3v) is 1.76. The number of ether oxygens (including phenoxy) is 1. The molecule has 0 atom stereocenters. The fourth-order valence-electron chi connectivity index (χ4n) is 1.04. The van der Waals surface area contributed by atoms with Crippen LogP contribution in [0.3, 0.4) is 0 Å². The topological polar surface area (TPSA) is 63.8 Å². The van der Waals surface area contributed by atoms with E-state index in [1.54, 1.807) is 6.92 Å². The summed E-state index contributed by atoms with van der Waals surface area (Å²) in [6.45, 7) is 8.62. The van der Waals surface area contributed by atoms with Crippen LogP contribution in [0.4, 0.5) is 0 Å². The first-order valence-electron chi connectivity index (χ1n) is 4.59. The van der Waals surface area contributed by atoms with Gasteiger partial charge in [0.15, 0.2) is 0 Å². The van der Waals surface area contributed by atoms with Crippen LogP contribution in [0.2, 0.25) is 0 Å². The number of esters is 1. The maximum absolute atomic E-state index is 11.3. The van der Waals surface area contributed by atoms with Crippen LogP contribution in [0.25, 0.3) is 10.6 Å². The number of hydrogen-bond acceptors (Lipinski definition) is 4. The molecule has 1 N–H and O–H groups in total. The van der Waals surface area contributed by atoms with Crippen molar-refractivity contribution in [3.63, 3.8) is 0 Å². The molecule has 0 fully saturated rings. The number of carbonyl (C=O) groups is 1. The number of carbonyl (C=O) groups excluding carboxylic acids is 1. The van der Waals surface area contributed by atoms with Gasteiger partial charge in [-0.2, -0.15) is 0 Å². The minimum Gasteiger partial charge on any atom is -0.518 e. The van der Waals surface area contributed by atoms with Crippen LogP contribution in [0.5, 0.6) is 0 Å². The van der Waals surface area contributed by atoms with E-state index < -0.39 is 17.4 Å². The van der Waals surface area contributed by atoms with Crippen LogP contribution in [0.15, 0.2) is 30.2 Å². The van der Waals surface area contributed by atoms with Crippen molar-refractivity contribution in [2.75, 3.05) is 6.61 Å². The second-order valence-corrected chi connectivity index (χ2v) is 2.77. The molecule has 5 nitrogen and oxygen atoms in total. The molecule has 1 heterocycles. The van der Waals surface area contributed by atoms with Crippen molar-refractivity contribution >= 4 is 11.7 Å². The molecule has 0 saturated heterocycles. The fourth-order valence-corrected chi connectivity index (χ4v) is 1.04. The number of aliphatic hydroxyl groups excluding tert-OH is 1. The second-order valence-electron chi connectivity index (χ2n) is 2.77. The molecule has 0 bridgehead atoms. The van der Waals surface area contributed by atoms with Crippen LogP contribution in [-0.4, -0.2) is 22.7 Å². The van der Waals surface area contributed by atoms with Gasteiger partial charge in [0.25, 0.3) is 0 Å². The summed E-state index contributed by atoms with van der Waals surface area (Å²) < 4.78 is 4.65. The third kappa shape index (κ3) is 3.91. The van der Waals surface area contributed by atoms with E-state index in [9.17, 15) is 9.90 Å². The summed E-state index contributed by atoms with van der Waals surface area (Å²) in [6, 6.07) is 3.00. The minimum atomic E-state index is -0.827. The Morgan fingerprint density at radius 2 is 2.12 bits per heavy atom. The predicted octanol–water partition coefficient (Wildman–Crippen LogP) is 1.79. The Kier molecular flexibility index (Phi) is 6.64. The van der Waals surface area contributed by atoms with Gasteiger partial charge in [-0.05, 0) is 19.1 Å². The molecule has 0 spiro atoms. The van der Waals surface area contributed by atoms with Gasteiger partial charge in [-0.15, -0.1) is 0 Å². The normalized spacial score (nSPS) is 10.6. The summed E-state index contributed by atoms with van der Waals surface area (Å²) in [6.07, 6.45) is 2.91. The Labute approximate surface area is 109 Å². The molecule has 0 saturated carbocycles. The molecular weight excluding hydrogens is 272 g/mol. The predicted molar refractivity (Wildman–Crippen MR) is 57.0 cm³/mol. The van der Waals surface area contributed by atoms with E-state index in [0.29, 0.717) is 5.56 Å². The van der Waals surface area contributed by atoms with E-state index in [4.69, 9.17) is 6.57 Å². The summed E-state index contributed by atoms with van der Waals surface area (Å²) in [5.41, 5.74) is -0.0675. The van der Waals surface area contributed by atoms with Gasteiger partial charge < -0.3 is 9.84 Å². The van der Waals surface area contributed by atoms with E-state index in [2.05, 4.69) is 14.6 Å². The van der Waals surface area contributed by atoms with Crippen molar-refractivity contribution in [2.45, 2.75) is 6.92 Å². The zero-order chi connectivity index (χ0) is 12.0. The Morgan fingerprint density at radius 1 is 1.53 bits per heavy atom. The zero-order valence-electron chi connectivity index (χ0n) is 8.98. The van der Waals surface area contributed by atoms with E-state index in [1.165, 1.54) is 24.5 Å². The van der Waals surface area contributed by atoms with Gasteiger partial charge in [-0.1, -0.05) is 0 Å². The molecule has 0 aliphatic carbocycles. The van der Waals surface area contributed by atoms with Gasteiger partial charge in [0.2, 0.25) is 0 Å². The minimum absolute atomic E-state index is 0. The van der Waals surface area contributed by atoms with E-state index >= 15 is 0 Å². The first-order valence-corrected chi connectivity index (χ1v) is 4.59. The molecule has 0 unspecified atom stereocenters. The molecule has 17 heavy (non-hydrogen) atoms. The molecule has 1 aromatic heterocycles. The van der Waals surface area contributed by atoms with Crippen molar-refractivity contribution < 1.29 is 31.7 Å². The van der Waals surface area contributed by atoms with Crippen LogP contribution in [0, 0.1) is 6.57 Å². The van der Waals surface area contributed by atoms with Crippen molar-refractivity contribution in [1.82, 2.24) is 4.98 Å². The molecular formula is C11H10CuN2O3. The molecule has 0 aromatic carbocycles. The maximum atomic E-state index is 11.3. The van der Waals surface area contributed by atoms with Crippen LogP contribution < -0.4 is 0 Å². The standard InChI is InChI=1S/C11H10N2O3.Cu/c1-3-16-11(15)9(12-2)10(14)8-4-6-13-7-5-8;/h4-7,14H,3H2,1H3;/b10-9+;. The Balaban J connectivity index is 0.00000256. The monoisotopic (exact) mass is 281 g/mol. The summed E-state index contributed by atoms with van der Waals surface area (Å²) in [4.78, 5) is 18.1. The third-order valence-electron chi connectivity index (χ3n) is 1.76. The summed E-state index contributed by atoms with van der Waals surface area (Å²) in [5, 5.41) is 9.71. The molecule has 0 amide bonds. The quantitative estimate of drug-likeness (QED) is 0.302.